The minimum Gasteiger partial charge on any atom is -0.377 e. The van der Waals surface area contributed by atoms with Crippen molar-refractivity contribution in [2.75, 3.05) is 32.2 Å². The Morgan fingerprint density at radius 2 is 2.12 bits per heavy atom. The van der Waals surface area contributed by atoms with Crippen molar-refractivity contribution in [2.45, 2.75) is 37.9 Å². The van der Waals surface area contributed by atoms with E-state index < -0.39 is 0 Å². The topological polar surface area (TPSA) is 38.8 Å². The van der Waals surface area contributed by atoms with E-state index in [-0.39, 0.29) is 18.1 Å². The van der Waals surface area contributed by atoms with Crippen molar-refractivity contribution in [3.05, 3.63) is 0 Å². The van der Waals surface area contributed by atoms with Gasteiger partial charge in [0.25, 0.3) is 5.91 Å². The quantitative estimate of drug-likeness (QED) is 0.719. The minimum atomic E-state index is -0.185. The summed E-state index contributed by atoms with van der Waals surface area (Å²) in [5.41, 5.74) is 0. The second kappa shape index (κ2) is 6.57. The highest BCUT2D eigenvalue weighted by Crippen LogP contribution is 2.19. The first-order chi connectivity index (χ1) is 8.31. The van der Waals surface area contributed by atoms with Crippen molar-refractivity contribution >= 4 is 17.5 Å². The molecule has 1 amide bonds. The molecule has 1 atom stereocenters. The van der Waals surface area contributed by atoms with E-state index in [1.807, 2.05) is 4.90 Å². The van der Waals surface area contributed by atoms with Crippen LogP contribution in [-0.2, 0) is 14.3 Å². The molecular weight excluding hydrogens is 242 g/mol. The van der Waals surface area contributed by atoms with Gasteiger partial charge in [0.2, 0.25) is 0 Å². The van der Waals surface area contributed by atoms with E-state index in [2.05, 4.69) is 0 Å². The van der Waals surface area contributed by atoms with Crippen LogP contribution in [0.2, 0.25) is 0 Å². The summed E-state index contributed by atoms with van der Waals surface area (Å²) in [6.45, 7) is 2.90. The van der Waals surface area contributed by atoms with Gasteiger partial charge in [0.15, 0.2) is 0 Å². The predicted molar refractivity (Wildman–Crippen MR) is 65.2 cm³/mol. The van der Waals surface area contributed by atoms with Crippen LogP contribution >= 0.6 is 11.6 Å². The van der Waals surface area contributed by atoms with Crippen LogP contribution < -0.4 is 0 Å². The molecule has 2 heterocycles. The third kappa shape index (κ3) is 3.57. The van der Waals surface area contributed by atoms with Crippen molar-refractivity contribution in [3.8, 4) is 0 Å². The van der Waals surface area contributed by atoms with Crippen LogP contribution in [0.1, 0.15) is 25.7 Å². The number of amides is 1. The maximum Gasteiger partial charge on any atom is 0.251 e. The van der Waals surface area contributed by atoms with Gasteiger partial charge in [0, 0.05) is 25.6 Å². The van der Waals surface area contributed by atoms with Gasteiger partial charge in [-0.15, -0.1) is 11.6 Å². The van der Waals surface area contributed by atoms with Crippen LogP contribution in [0.4, 0.5) is 0 Å². The molecule has 0 N–H and O–H groups in total. The number of hydrogen-bond donors (Lipinski definition) is 0. The SMILES string of the molecule is O=C(C1CCCO1)N1CCC(OCCCl)CC1. The number of carbonyl (C=O) groups excluding carboxylic acids is 1. The lowest BCUT2D eigenvalue weighted by Crippen LogP contribution is -2.45. The van der Waals surface area contributed by atoms with Gasteiger partial charge in [-0.1, -0.05) is 0 Å². The second-order valence-electron chi connectivity index (χ2n) is 4.59. The maximum absolute atomic E-state index is 12.1. The summed E-state index contributed by atoms with van der Waals surface area (Å²) in [6.07, 6.45) is 3.79. The molecule has 0 aromatic heterocycles. The van der Waals surface area contributed by atoms with Crippen LogP contribution in [0.3, 0.4) is 0 Å². The van der Waals surface area contributed by atoms with E-state index in [0.29, 0.717) is 12.5 Å². The van der Waals surface area contributed by atoms with Gasteiger partial charge >= 0.3 is 0 Å². The average molecular weight is 262 g/mol. The molecule has 98 valence electrons. The summed E-state index contributed by atoms with van der Waals surface area (Å²) >= 11 is 5.58. The molecule has 0 aliphatic carbocycles. The largest absolute Gasteiger partial charge is 0.377 e. The van der Waals surface area contributed by atoms with Crippen LogP contribution in [0.15, 0.2) is 0 Å². The molecule has 0 saturated carbocycles. The molecule has 0 radical (unpaired) electrons. The summed E-state index contributed by atoms with van der Waals surface area (Å²) in [6, 6.07) is 0. The normalized spacial score (nSPS) is 26.4. The molecule has 2 aliphatic rings. The van der Waals surface area contributed by atoms with Crippen molar-refractivity contribution in [3.63, 3.8) is 0 Å². The summed E-state index contributed by atoms with van der Waals surface area (Å²) in [4.78, 5) is 14.0. The lowest BCUT2D eigenvalue weighted by atomic mass is 10.1. The maximum atomic E-state index is 12.1. The highest BCUT2D eigenvalue weighted by Gasteiger charge is 2.30. The van der Waals surface area contributed by atoms with Gasteiger partial charge < -0.3 is 14.4 Å². The Labute approximate surface area is 107 Å². The number of nitrogens with zero attached hydrogens (tertiary/aromatic N) is 1. The third-order valence-corrected chi connectivity index (χ3v) is 3.54. The van der Waals surface area contributed by atoms with Crippen LogP contribution in [0.5, 0.6) is 0 Å². The van der Waals surface area contributed by atoms with Gasteiger partial charge in [-0.3, -0.25) is 4.79 Å². The van der Waals surface area contributed by atoms with Crippen molar-refractivity contribution < 1.29 is 14.3 Å². The Bertz CT molecular complexity index is 248. The molecule has 0 aromatic carbocycles. The van der Waals surface area contributed by atoms with Crippen LogP contribution in [0.25, 0.3) is 0 Å². The number of rotatable bonds is 4. The number of likely N-dealkylation sites (tertiary alicyclic amines) is 1. The molecular formula is C12H20ClNO3. The molecule has 2 rings (SSSR count). The van der Waals surface area contributed by atoms with Crippen LogP contribution in [0, 0.1) is 0 Å². The monoisotopic (exact) mass is 261 g/mol. The molecule has 5 heteroatoms. The summed E-state index contributed by atoms with van der Waals surface area (Å²) in [7, 11) is 0. The number of carbonyl (C=O) groups is 1. The first kappa shape index (κ1) is 13.1. The Kier molecular flexibility index (Phi) is 5.07. The lowest BCUT2D eigenvalue weighted by Gasteiger charge is -2.33. The third-order valence-electron chi connectivity index (χ3n) is 3.39. The Balaban J connectivity index is 1.72. The molecule has 1 unspecified atom stereocenters. The highest BCUT2D eigenvalue weighted by atomic mass is 35.5. The van der Waals surface area contributed by atoms with Gasteiger partial charge in [0.05, 0.1) is 12.7 Å². The molecule has 4 nitrogen and oxygen atoms in total. The van der Waals surface area contributed by atoms with Gasteiger partial charge in [-0.25, -0.2) is 0 Å². The zero-order valence-corrected chi connectivity index (χ0v) is 10.8. The van der Waals surface area contributed by atoms with Crippen molar-refractivity contribution in [2.24, 2.45) is 0 Å². The summed E-state index contributed by atoms with van der Waals surface area (Å²) in [5.74, 6) is 0.702. The van der Waals surface area contributed by atoms with Gasteiger partial charge in [0.1, 0.15) is 6.10 Å². The number of piperidine rings is 1. The molecule has 2 fully saturated rings. The minimum absolute atomic E-state index is 0.165. The van der Waals surface area contributed by atoms with E-state index in [4.69, 9.17) is 21.1 Å². The second-order valence-corrected chi connectivity index (χ2v) is 4.96. The van der Waals surface area contributed by atoms with E-state index in [1.54, 1.807) is 0 Å². The molecule has 17 heavy (non-hydrogen) atoms. The fourth-order valence-electron chi connectivity index (χ4n) is 2.43. The number of ether oxygens (including phenoxy) is 2. The molecule has 0 bridgehead atoms. The smallest absolute Gasteiger partial charge is 0.251 e. The summed E-state index contributed by atoms with van der Waals surface area (Å²) in [5, 5.41) is 0. The number of hydrogen-bond acceptors (Lipinski definition) is 3. The Morgan fingerprint density at radius 1 is 1.35 bits per heavy atom. The molecule has 0 aromatic rings. The van der Waals surface area contributed by atoms with Crippen molar-refractivity contribution in [1.29, 1.82) is 0 Å². The molecule has 2 saturated heterocycles. The lowest BCUT2D eigenvalue weighted by molar-refractivity contribution is -0.143. The zero-order chi connectivity index (χ0) is 12.1. The van der Waals surface area contributed by atoms with E-state index in [0.717, 1.165) is 45.4 Å². The van der Waals surface area contributed by atoms with Gasteiger partial charge in [-0.2, -0.15) is 0 Å². The Hall–Kier alpha value is -0.320. The fraction of sp³-hybridized carbons (Fsp3) is 0.917. The van der Waals surface area contributed by atoms with Gasteiger partial charge in [-0.05, 0) is 25.7 Å². The zero-order valence-electron chi connectivity index (χ0n) is 10.1. The van der Waals surface area contributed by atoms with E-state index >= 15 is 0 Å². The first-order valence-corrected chi connectivity index (χ1v) is 6.92. The Morgan fingerprint density at radius 3 is 2.71 bits per heavy atom. The molecule has 0 spiro atoms. The number of halogens is 1. The summed E-state index contributed by atoms with van der Waals surface area (Å²) < 4.78 is 11.0. The van der Waals surface area contributed by atoms with E-state index in [9.17, 15) is 4.79 Å². The first-order valence-electron chi connectivity index (χ1n) is 6.39. The predicted octanol–water partition coefficient (Wildman–Crippen LogP) is 1.41. The van der Waals surface area contributed by atoms with Crippen LogP contribution in [-0.4, -0.2) is 55.2 Å². The number of alkyl halides is 1. The average Bonchev–Trinajstić information content (AvgIpc) is 2.90. The molecule has 2 aliphatic heterocycles. The highest BCUT2D eigenvalue weighted by molar-refractivity contribution is 6.17. The standard InChI is InChI=1S/C12H20ClNO3/c13-5-9-16-10-3-6-14(7-4-10)12(15)11-2-1-8-17-11/h10-11H,1-9H2. The van der Waals surface area contributed by atoms with Crippen molar-refractivity contribution in [1.82, 2.24) is 4.90 Å². The van der Waals surface area contributed by atoms with E-state index in [1.165, 1.54) is 0 Å². The fourth-order valence-corrected chi connectivity index (χ4v) is 2.52.